The van der Waals surface area contributed by atoms with Crippen LogP contribution < -0.4 is 31.7 Å². The minimum atomic E-state index is -0.678. The van der Waals surface area contributed by atoms with Crippen molar-refractivity contribution in [3.8, 4) is 11.5 Å². The number of piperidine rings is 1. The number of phenolic OH excluding ortho intramolecular Hbond substituents is 1. The molecule has 0 bridgehead atoms. The molecular weight excluding hydrogens is 963 g/mol. The third-order valence-electron chi connectivity index (χ3n) is 19.7. The Labute approximate surface area is 457 Å². The van der Waals surface area contributed by atoms with Crippen LogP contribution in [0, 0.1) is 46.3 Å². The topological polar surface area (TPSA) is 198 Å². The number of ether oxygens (including phenoxy) is 1. The molecule has 3 aromatic rings. The van der Waals surface area contributed by atoms with Crippen molar-refractivity contribution >= 4 is 17.1 Å². The summed E-state index contributed by atoms with van der Waals surface area (Å²) >= 11 is 0. The third kappa shape index (κ3) is 12.8. The summed E-state index contributed by atoms with van der Waals surface area (Å²) in [4.78, 5) is 28.5. The van der Waals surface area contributed by atoms with Gasteiger partial charge in [0.2, 0.25) is 0 Å². The number of dihydropyridines is 1. The number of aliphatic hydroxyl groups excluding tert-OH is 3. The molecule has 0 aromatic heterocycles. The van der Waals surface area contributed by atoms with E-state index >= 15 is 0 Å². The Hall–Kier alpha value is -4.92. The quantitative estimate of drug-likeness (QED) is 0.0203. The molecule has 10 N–H and O–H groups in total. The number of allylic oxidation sites excluding steroid dienone is 3. The van der Waals surface area contributed by atoms with E-state index in [1.165, 1.54) is 67.7 Å². The zero-order valence-corrected chi connectivity index (χ0v) is 45.6. The molecule has 10 rings (SSSR count). The number of rotatable bonds is 22. The summed E-state index contributed by atoms with van der Waals surface area (Å²) in [6, 6.07) is 23.2. The number of phenols is 1. The lowest BCUT2D eigenvalue weighted by atomic mass is 9.52. The Morgan fingerprint density at radius 1 is 0.935 bits per heavy atom. The molecule has 0 radical (unpaired) electrons. The number of hydrogen-bond acceptors (Lipinski definition) is 12. The molecule has 1 saturated heterocycles. The number of aliphatic hydroxyl groups is 3. The largest absolute Gasteiger partial charge is 0.504 e. The number of benzene rings is 3. The maximum Gasteiger partial charge on any atom is 0.186 e. The lowest BCUT2D eigenvalue weighted by Crippen LogP contribution is -2.57. The summed E-state index contributed by atoms with van der Waals surface area (Å²) in [5, 5.41) is 57.4. The maximum atomic E-state index is 14.3. The molecule has 5 fully saturated rings. The monoisotopic (exact) mass is 1050 g/mol. The number of ketones is 2. The number of nitrogens with one attached hydrogen (secondary N) is 4. The van der Waals surface area contributed by atoms with Crippen molar-refractivity contribution in [2.24, 2.45) is 52.1 Å². The van der Waals surface area contributed by atoms with Gasteiger partial charge in [-0.3, -0.25) is 9.59 Å². The number of nitrogens with two attached hydrogens (primary N) is 1. The highest BCUT2D eigenvalue weighted by Gasteiger charge is 2.64. The molecule has 7 aliphatic rings. The molecule has 11 atom stereocenters. The van der Waals surface area contributed by atoms with E-state index in [4.69, 9.17) is 10.5 Å². The van der Waals surface area contributed by atoms with Crippen LogP contribution in [0.15, 0.2) is 108 Å². The predicted octanol–water partition coefficient (Wildman–Crippen LogP) is 8.16. The van der Waals surface area contributed by atoms with Gasteiger partial charge in [-0.1, -0.05) is 79.6 Å². The van der Waals surface area contributed by atoms with Gasteiger partial charge in [-0.05, 0) is 225 Å². The lowest BCUT2D eigenvalue weighted by molar-refractivity contribution is -0.126. The van der Waals surface area contributed by atoms with Crippen LogP contribution in [-0.4, -0.2) is 95.9 Å². The molecule has 3 aliphatic heterocycles. The highest BCUT2D eigenvalue weighted by atomic mass is 16.6. The second-order valence-electron chi connectivity index (χ2n) is 24.6. The van der Waals surface area contributed by atoms with Crippen LogP contribution in [0.2, 0.25) is 0 Å². The van der Waals surface area contributed by atoms with Crippen molar-refractivity contribution in [2.75, 3.05) is 39.6 Å². The highest BCUT2D eigenvalue weighted by Crippen LogP contribution is 2.69. The molecule has 12 nitrogen and oxygen atoms in total. The van der Waals surface area contributed by atoms with Gasteiger partial charge in [0, 0.05) is 37.8 Å². The first-order valence-electron chi connectivity index (χ1n) is 29.4. The molecule has 4 aliphatic carbocycles. The number of carbonyl (C=O) groups excluding carboxylic acids is 2. The first-order chi connectivity index (χ1) is 37.4. The van der Waals surface area contributed by atoms with Gasteiger partial charge in [-0.15, -0.1) is 0 Å². The van der Waals surface area contributed by atoms with E-state index in [2.05, 4.69) is 82.0 Å². The van der Waals surface area contributed by atoms with E-state index in [1.54, 1.807) is 12.1 Å². The summed E-state index contributed by atoms with van der Waals surface area (Å²) in [6.45, 7) is 4.39. The van der Waals surface area contributed by atoms with Crippen LogP contribution in [0.4, 0.5) is 0 Å². The number of fused-ring (bicyclic) bond motifs is 4. The van der Waals surface area contributed by atoms with Crippen molar-refractivity contribution in [2.45, 2.75) is 147 Å². The van der Waals surface area contributed by atoms with Gasteiger partial charge in [-0.2, -0.15) is 0 Å². The van der Waals surface area contributed by atoms with E-state index in [-0.39, 0.29) is 52.4 Å². The zero-order valence-electron chi connectivity index (χ0n) is 45.6. The first-order valence-corrected chi connectivity index (χ1v) is 29.4. The number of aromatic hydroxyl groups is 1. The van der Waals surface area contributed by atoms with Gasteiger partial charge in [0.15, 0.2) is 24.1 Å². The Morgan fingerprint density at radius 3 is 2.49 bits per heavy atom. The Balaban J connectivity index is 0.851. The van der Waals surface area contributed by atoms with Crippen LogP contribution in [-0.2, 0) is 35.3 Å². The van der Waals surface area contributed by atoms with Gasteiger partial charge in [0.25, 0.3) is 0 Å². The van der Waals surface area contributed by atoms with Crippen molar-refractivity contribution in [3.63, 3.8) is 0 Å². The molecule has 4 saturated carbocycles. The van der Waals surface area contributed by atoms with E-state index < -0.39 is 19.5 Å². The number of hydrogen-bond donors (Lipinski definition) is 9. The van der Waals surface area contributed by atoms with Crippen molar-refractivity contribution in [3.05, 3.63) is 136 Å². The van der Waals surface area contributed by atoms with Crippen molar-refractivity contribution in [1.82, 2.24) is 21.3 Å². The summed E-state index contributed by atoms with van der Waals surface area (Å²) in [7, 11) is 0. The Morgan fingerprint density at radius 2 is 1.71 bits per heavy atom. The van der Waals surface area contributed by atoms with Gasteiger partial charge in [0.1, 0.15) is 5.78 Å². The molecule has 3 aromatic carbocycles. The Kier molecular flexibility index (Phi) is 18.0. The van der Waals surface area contributed by atoms with Gasteiger partial charge in [-0.25, -0.2) is 0 Å². The summed E-state index contributed by atoms with van der Waals surface area (Å²) in [5.41, 5.74) is 13.9. The molecule has 1 spiro atoms. The predicted molar refractivity (Wildman–Crippen MR) is 304 cm³/mol. The Bertz CT molecular complexity index is 2660. The number of carbonyl (C=O) groups is 2. The lowest BCUT2D eigenvalue weighted by Gasteiger charge is -2.55. The van der Waals surface area contributed by atoms with E-state index in [0.717, 1.165) is 82.1 Å². The SMILES string of the molecule is CC(O)CNC1CC2(CC3C4CCNCC4CC4C=CCNC43)CC(CC(=O)CC(=O)C=C(CO)c3cc(OCO)c(O)cc3CC3=CNC(N)C=C3CCc3cccc(CCc4ccccc4)c3)CCC2C12CCCC2. The standard InChI is InChI=1S/C65H87N5O7/c1-42(73)37-69-61-36-64(35-57-55-20-24-67-38-51(55)27-48-13-8-23-68-63(48)57)34-46(17-19-60(64)65(61)21-5-6-22-65)26-53(74)32-54(75)29-52(40-71)56-33-59(77-41-72)58(76)30-49(56)28-50-39-70-62(66)31-47(50)18-16-45-12-7-11-44(25-45)15-14-43-9-3-2-4-10-43/h2-4,7-13,25,29-31,33,39,42,46,48,51,55,57,60-63,67-73,76H,5-6,14-24,26-28,32,34-38,40-41,66H2,1H3. The van der Waals surface area contributed by atoms with Gasteiger partial charge < -0.3 is 52.2 Å². The van der Waals surface area contributed by atoms with Crippen LogP contribution in [0.3, 0.4) is 0 Å². The summed E-state index contributed by atoms with van der Waals surface area (Å²) in [6.07, 6.45) is 25.9. The smallest absolute Gasteiger partial charge is 0.186 e. The average Bonchev–Trinajstić information content (AvgIpc) is 4.27. The molecule has 3 heterocycles. The maximum absolute atomic E-state index is 14.3. The minimum Gasteiger partial charge on any atom is -0.504 e. The molecule has 12 heteroatoms. The molecule has 0 amide bonds. The molecule has 77 heavy (non-hydrogen) atoms. The normalized spacial score (nSPS) is 29.9. The second kappa shape index (κ2) is 25.0. The van der Waals surface area contributed by atoms with Crippen LogP contribution >= 0.6 is 0 Å². The van der Waals surface area contributed by atoms with Crippen LogP contribution in [0.5, 0.6) is 11.5 Å². The van der Waals surface area contributed by atoms with Crippen LogP contribution in [0.25, 0.3) is 5.57 Å². The fraction of sp³-hybridized carbons (Fsp3) is 0.569. The summed E-state index contributed by atoms with van der Waals surface area (Å²) in [5.74, 6) is 2.54. The van der Waals surface area contributed by atoms with E-state index in [0.29, 0.717) is 77.8 Å². The molecule has 11 unspecified atom stereocenters. The molecule has 414 valence electrons. The zero-order chi connectivity index (χ0) is 53.5. The third-order valence-corrected chi connectivity index (χ3v) is 19.7. The van der Waals surface area contributed by atoms with Gasteiger partial charge >= 0.3 is 0 Å². The van der Waals surface area contributed by atoms with Crippen molar-refractivity contribution in [1.29, 1.82) is 0 Å². The average molecular weight is 1050 g/mol. The fourth-order valence-electron chi connectivity index (χ4n) is 16.6. The highest BCUT2D eigenvalue weighted by molar-refractivity contribution is 6.07. The van der Waals surface area contributed by atoms with E-state index in [1.807, 2.05) is 25.3 Å². The number of Topliss-reactive ketones (excluding diaryl/α,β-unsaturated/α-hetero) is 1. The first kappa shape index (κ1) is 55.4. The van der Waals surface area contributed by atoms with Gasteiger partial charge in [0.05, 0.1) is 25.3 Å². The number of aryl methyl sites for hydroxylation is 3. The van der Waals surface area contributed by atoms with Crippen molar-refractivity contribution < 1.29 is 34.8 Å². The van der Waals surface area contributed by atoms with Crippen LogP contribution in [0.1, 0.15) is 125 Å². The fourth-order valence-corrected chi connectivity index (χ4v) is 16.6. The van der Waals surface area contributed by atoms with E-state index in [9.17, 15) is 30.0 Å². The minimum absolute atomic E-state index is 0.0177. The summed E-state index contributed by atoms with van der Waals surface area (Å²) < 4.78 is 5.42. The second-order valence-corrected chi connectivity index (χ2v) is 24.6. The molecular formula is C65H87N5O7.